The second kappa shape index (κ2) is 6.74. The molecule has 3 N–H and O–H groups in total. The van der Waals surface area contributed by atoms with Crippen LogP contribution in [0, 0.1) is 6.92 Å². The van der Waals surface area contributed by atoms with Crippen molar-refractivity contribution in [2.45, 2.75) is 31.0 Å². The van der Waals surface area contributed by atoms with Crippen molar-refractivity contribution >= 4 is 21.3 Å². The van der Waals surface area contributed by atoms with Crippen molar-refractivity contribution in [3.05, 3.63) is 41.9 Å². The molecule has 0 radical (unpaired) electrons. The maximum absolute atomic E-state index is 13.1. The Balaban J connectivity index is 2.23. The van der Waals surface area contributed by atoms with E-state index >= 15 is 0 Å². The quantitative estimate of drug-likeness (QED) is 0.679. The van der Waals surface area contributed by atoms with Gasteiger partial charge < -0.3 is 10.8 Å². The first kappa shape index (κ1) is 20.1. The van der Waals surface area contributed by atoms with E-state index in [2.05, 4.69) is 9.97 Å². The molecule has 0 amide bonds. The molecular weight excluding hydrogens is 397 g/mol. The van der Waals surface area contributed by atoms with Crippen LogP contribution < -0.4 is 5.73 Å². The molecule has 0 saturated heterocycles. The van der Waals surface area contributed by atoms with Crippen molar-refractivity contribution in [3.8, 4) is 11.3 Å². The standard InChI is InChI=1S/C17H17F3N4O3S/c1-9-3-4-11(28(26,27)8-10(2)25)5-12(9)13-6-22-16-15(21)23-14(7-24(13)16)17(18,19)20/h3-7,10,25H,8H2,1-2H3,(H2,21,23). The van der Waals surface area contributed by atoms with E-state index in [-0.39, 0.29) is 16.2 Å². The molecule has 2 heterocycles. The average Bonchev–Trinajstić information content (AvgIpc) is 2.97. The summed E-state index contributed by atoms with van der Waals surface area (Å²) in [5.41, 5.74) is 5.70. The molecular formula is C17H17F3N4O3S. The molecule has 3 rings (SSSR count). The number of anilines is 1. The number of alkyl halides is 3. The predicted molar refractivity (Wildman–Crippen MR) is 96.3 cm³/mol. The van der Waals surface area contributed by atoms with Crippen molar-refractivity contribution in [1.82, 2.24) is 14.4 Å². The molecule has 0 fully saturated rings. The fourth-order valence-corrected chi connectivity index (χ4v) is 4.23. The van der Waals surface area contributed by atoms with Gasteiger partial charge in [-0.2, -0.15) is 13.2 Å². The normalized spacial score (nSPS) is 13.8. The van der Waals surface area contributed by atoms with Crippen LogP contribution in [0.15, 0.2) is 35.5 Å². The number of sulfone groups is 1. The molecule has 0 aliphatic heterocycles. The summed E-state index contributed by atoms with van der Waals surface area (Å²) < 4.78 is 65.3. The van der Waals surface area contributed by atoms with E-state index in [4.69, 9.17) is 5.73 Å². The van der Waals surface area contributed by atoms with Crippen LogP contribution in [0.2, 0.25) is 0 Å². The first-order chi connectivity index (χ1) is 12.9. The zero-order chi connectivity index (χ0) is 20.9. The third-order valence-corrected chi connectivity index (χ3v) is 6.01. The molecule has 11 heteroatoms. The van der Waals surface area contributed by atoms with Crippen LogP contribution in [0.4, 0.5) is 19.0 Å². The molecule has 3 aromatic rings. The van der Waals surface area contributed by atoms with Gasteiger partial charge in [0.2, 0.25) is 0 Å². The minimum Gasteiger partial charge on any atom is -0.392 e. The smallest absolute Gasteiger partial charge is 0.392 e. The van der Waals surface area contributed by atoms with Gasteiger partial charge in [-0.05, 0) is 31.5 Å². The van der Waals surface area contributed by atoms with Crippen LogP contribution in [-0.2, 0) is 16.0 Å². The Labute approximate surface area is 158 Å². The lowest BCUT2D eigenvalue weighted by atomic mass is 10.1. The summed E-state index contributed by atoms with van der Waals surface area (Å²) in [5, 5.41) is 9.42. The highest BCUT2D eigenvalue weighted by atomic mass is 32.2. The Kier molecular flexibility index (Phi) is 4.84. The number of halogens is 3. The van der Waals surface area contributed by atoms with Crippen LogP contribution in [0.5, 0.6) is 0 Å². The molecule has 1 atom stereocenters. The van der Waals surface area contributed by atoms with Crippen molar-refractivity contribution in [3.63, 3.8) is 0 Å². The number of aryl methyl sites for hydroxylation is 1. The van der Waals surface area contributed by atoms with E-state index in [0.29, 0.717) is 11.1 Å². The van der Waals surface area contributed by atoms with Crippen molar-refractivity contribution in [2.75, 3.05) is 11.5 Å². The zero-order valence-corrected chi connectivity index (χ0v) is 15.7. The lowest BCUT2D eigenvalue weighted by molar-refractivity contribution is -0.141. The van der Waals surface area contributed by atoms with E-state index in [1.165, 1.54) is 25.3 Å². The zero-order valence-electron chi connectivity index (χ0n) is 14.9. The number of aliphatic hydroxyl groups excluding tert-OH is 1. The molecule has 150 valence electrons. The van der Waals surface area contributed by atoms with Crippen molar-refractivity contribution in [1.29, 1.82) is 0 Å². The number of fused-ring (bicyclic) bond motifs is 1. The first-order valence-electron chi connectivity index (χ1n) is 8.13. The number of benzene rings is 1. The Morgan fingerprint density at radius 2 is 2.00 bits per heavy atom. The molecule has 1 aromatic carbocycles. The Hall–Kier alpha value is -2.66. The Morgan fingerprint density at radius 3 is 2.61 bits per heavy atom. The van der Waals surface area contributed by atoms with Crippen LogP contribution in [0.1, 0.15) is 18.2 Å². The summed E-state index contributed by atoms with van der Waals surface area (Å²) in [5.74, 6) is -0.866. The summed E-state index contributed by atoms with van der Waals surface area (Å²) in [6.07, 6.45) is -3.70. The summed E-state index contributed by atoms with van der Waals surface area (Å²) in [6, 6.07) is 4.27. The van der Waals surface area contributed by atoms with Gasteiger partial charge in [-0.25, -0.2) is 18.4 Å². The minimum absolute atomic E-state index is 0.0274. The van der Waals surface area contributed by atoms with E-state index in [1.54, 1.807) is 13.0 Å². The number of imidazole rings is 1. The predicted octanol–water partition coefficient (Wildman–Crippen LogP) is 2.46. The highest BCUT2D eigenvalue weighted by Gasteiger charge is 2.34. The topological polar surface area (TPSA) is 111 Å². The molecule has 0 aliphatic carbocycles. The van der Waals surface area contributed by atoms with E-state index < -0.39 is 39.4 Å². The third kappa shape index (κ3) is 3.67. The fourth-order valence-electron chi connectivity index (χ4n) is 2.83. The summed E-state index contributed by atoms with van der Waals surface area (Å²) in [6.45, 7) is 3.04. The molecule has 2 aromatic heterocycles. The fraction of sp³-hybridized carbons (Fsp3) is 0.294. The van der Waals surface area contributed by atoms with Gasteiger partial charge in [0.05, 0.1) is 28.6 Å². The lowest BCUT2D eigenvalue weighted by Crippen LogP contribution is -2.17. The SMILES string of the molecule is Cc1ccc(S(=O)(=O)CC(C)O)cc1-c1cnc2c(N)nc(C(F)(F)F)cn12. The Morgan fingerprint density at radius 1 is 1.32 bits per heavy atom. The highest BCUT2D eigenvalue weighted by molar-refractivity contribution is 7.91. The van der Waals surface area contributed by atoms with E-state index in [9.17, 15) is 26.7 Å². The van der Waals surface area contributed by atoms with Crippen LogP contribution >= 0.6 is 0 Å². The number of aromatic nitrogens is 3. The van der Waals surface area contributed by atoms with E-state index in [0.717, 1.165) is 10.6 Å². The van der Waals surface area contributed by atoms with E-state index in [1.807, 2.05) is 0 Å². The summed E-state index contributed by atoms with van der Waals surface area (Å²) in [4.78, 5) is 7.30. The Bertz CT molecular complexity index is 1150. The molecule has 0 bridgehead atoms. The molecule has 0 spiro atoms. The van der Waals surface area contributed by atoms with Gasteiger partial charge in [0.15, 0.2) is 27.0 Å². The molecule has 0 aliphatic rings. The number of aliphatic hydroxyl groups is 1. The first-order valence-corrected chi connectivity index (χ1v) is 9.78. The number of hydrogen-bond donors (Lipinski definition) is 2. The highest BCUT2D eigenvalue weighted by Crippen LogP contribution is 2.32. The van der Waals surface area contributed by atoms with Gasteiger partial charge in [0, 0.05) is 11.8 Å². The second-order valence-corrected chi connectivity index (χ2v) is 8.49. The van der Waals surface area contributed by atoms with Gasteiger partial charge >= 0.3 is 6.18 Å². The number of nitrogens with two attached hydrogens (primary N) is 1. The average molecular weight is 414 g/mol. The van der Waals surface area contributed by atoms with Crippen molar-refractivity contribution in [2.24, 2.45) is 0 Å². The summed E-state index contributed by atoms with van der Waals surface area (Å²) >= 11 is 0. The maximum Gasteiger partial charge on any atom is 0.434 e. The number of nitrogen functional groups attached to an aromatic ring is 1. The third-order valence-electron chi connectivity index (χ3n) is 4.11. The molecule has 1 unspecified atom stereocenters. The van der Waals surface area contributed by atoms with Gasteiger partial charge in [0.1, 0.15) is 0 Å². The largest absolute Gasteiger partial charge is 0.434 e. The molecule has 28 heavy (non-hydrogen) atoms. The van der Waals surface area contributed by atoms with Crippen LogP contribution in [0.3, 0.4) is 0 Å². The maximum atomic E-state index is 13.1. The molecule has 0 saturated carbocycles. The number of rotatable bonds is 4. The molecule has 7 nitrogen and oxygen atoms in total. The number of nitrogens with zero attached hydrogens (tertiary/aromatic N) is 3. The van der Waals surface area contributed by atoms with Crippen molar-refractivity contribution < 1.29 is 26.7 Å². The second-order valence-electron chi connectivity index (χ2n) is 6.45. The monoisotopic (exact) mass is 414 g/mol. The minimum atomic E-state index is -4.71. The number of hydrogen-bond acceptors (Lipinski definition) is 6. The van der Waals surface area contributed by atoms with Crippen LogP contribution in [0.25, 0.3) is 16.9 Å². The van der Waals surface area contributed by atoms with Gasteiger partial charge in [-0.3, -0.25) is 4.40 Å². The lowest BCUT2D eigenvalue weighted by Gasteiger charge is -2.12. The van der Waals surface area contributed by atoms with Gasteiger partial charge in [0.25, 0.3) is 0 Å². The summed E-state index contributed by atoms with van der Waals surface area (Å²) in [7, 11) is -3.78. The van der Waals surface area contributed by atoms with Crippen LogP contribution in [-0.4, -0.2) is 39.7 Å². The van der Waals surface area contributed by atoms with Gasteiger partial charge in [-0.15, -0.1) is 0 Å². The van der Waals surface area contributed by atoms with Gasteiger partial charge in [-0.1, -0.05) is 6.07 Å².